The van der Waals surface area contributed by atoms with Gasteiger partial charge in [0.2, 0.25) is 0 Å². The van der Waals surface area contributed by atoms with Crippen molar-refractivity contribution in [1.82, 2.24) is 10.2 Å². The molecule has 2 nitrogen and oxygen atoms in total. The Morgan fingerprint density at radius 3 is 2.47 bits per heavy atom. The number of nitrogens with zero attached hydrogens (tertiary/aromatic N) is 1. The molecular formula is C12H15F3N2. The van der Waals surface area contributed by atoms with Crippen LogP contribution in [-0.2, 0) is 6.42 Å². The molecule has 5 heteroatoms. The zero-order chi connectivity index (χ0) is 12.3. The lowest BCUT2D eigenvalue weighted by Gasteiger charge is -2.27. The minimum Gasteiger partial charge on any atom is -0.314 e. The molecule has 1 aromatic carbocycles. The molecule has 0 amide bonds. The van der Waals surface area contributed by atoms with Crippen LogP contribution >= 0.6 is 0 Å². The van der Waals surface area contributed by atoms with E-state index in [1.807, 2.05) is 0 Å². The summed E-state index contributed by atoms with van der Waals surface area (Å²) in [5, 5.41) is 3.22. The maximum atomic E-state index is 13.4. The first-order valence-corrected chi connectivity index (χ1v) is 5.74. The van der Waals surface area contributed by atoms with E-state index < -0.39 is 17.5 Å². The Morgan fingerprint density at radius 1 is 1.06 bits per heavy atom. The van der Waals surface area contributed by atoms with Gasteiger partial charge in [0.1, 0.15) is 0 Å². The summed E-state index contributed by atoms with van der Waals surface area (Å²) in [5.41, 5.74) is 0.238. The molecule has 0 aromatic heterocycles. The van der Waals surface area contributed by atoms with E-state index in [1.54, 1.807) is 0 Å². The second-order valence-electron chi connectivity index (χ2n) is 4.18. The van der Waals surface area contributed by atoms with Gasteiger partial charge >= 0.3 is 0 Å². The molecule has 0 unspecified atom stereocenters. The smallest absolute Gasteiger partial charge is 0.194 e. The second-order valence-corrected chi connectivity index (χ2v) is 4.18. The minimum absolute atomic E-state index is 0.238. The molecular weight excluding hydrogens is 229 g/mol. The van der Waals surface area contributed by atoms with Crippen LogP contribution in [0.4, 0.5) is 13.2 Å². The number of halogens is 3. The van der Waals surface area contributed by atoms with Crippen LogP contribution in [0, 0.1) is 17.5 Å². The number of benzene rings is 1. The summed E-state index contributed by atoms with van der Waals surface area (Å²) in [5.74, 6) is -3.56. The molecule has 1 saturated heterocycles. The highest BCUT2D eigenvalue weighted by Crippen LogP contribution is 2.15. The molecule has 17 heavy (non-hydrogen) atoms. The fourth-order valence-corrected chi connectivity index (χ4v) is 1.97. The summed E-state index contributed by atoms with van der Waals surface area (Å²) in [6.07, 6.45) is 0.406. The van der Waals surface area contributed by atoms with Gasteiger partial charge in [-0.15, -0.1) is 0 Å². The van der Waals surface area contributed by atoms with Crippen LogP contribution < -0.4 is 5.32 Å². The summed E-state index contributed by atoms with van der Waals surface area (Å²) in [4.78, 5) is 2.18. The molecule has 0 bridgehead atoms. The lowest BCUT2D eigenvalue weighted by molar-refractivity contribution is 0.243. The summed E-state index contributed by atoms with van der Waals surface area (Å²) in [7, 11) is 0. The van der Waals surface area contributed by atoms with Crippen molar-refractivity contribution in [2.45, 2.75) is 6.42 Å². The second kappa shape index (κ2) is 5.51. The zero-order valence-corrected chi connectivity index (χ0v) is 9.48. The van der Waals surface area contributed by atoms with E-state index in [2.05, 4.69) is 10.2 Å². The van der Waals surface area contributed by atoms with Gasteiger partial charge in [0.25, 0.3) is 0 Å². The van der Waals surface area contributed by atoms with E-state index >= 15 is 0 Å². The Balaban J connectivity index is 1.96. The zero-order valence-electron chi connectivity index (χ0n) is 9.48. The van der Waals surface area contributed by atoms with Gasteiger partial charge in [-0.1, -0.05) is 6.07 Å². The first-order chi connectivity index (χ1) is 8.18. The van der Waals surface area contributed by atoms with E-state index in [0.29, 0.717) is 13.0 Å². The summed E-state index contributed by atoms with van der Waals surface area (Å²) in [6.45, 7) is 4.32. The van der Waals surface area contributed by atoms with Crippen molar-refractivity contribution >= 4 is 0 Å². The fourth-order valence-electron chi connectivity index (χ4n) is 1.97. The lowest BCUT2D eigenvalue weighted by atomic mass is 10.1. The van der Waals surface area contributed by atoms with Gasteiger partial charge in [-0.3, -0.25) is 0 Å². The molecule has 1 N–H and O–H groups in total. The van der Waals surface area contributed by atoms with Crippen LogP contribution in [0.15, 0.2) is 12.1 Å². The minimum atomic E-state index is -1.37. The van der Waals surface area contributed by atoms with E-state index in [0.717, 1.165) is 32.2 Å². The monoisotopic (exact) mass is 244 g/mol. The van der Waals surface area contributed by atoms with Crippen LogP contribution in [0.1, 0.15) is 5.56 Å². The average molecular weight is 244 g/mol. The molecule has 1 fully saturated rings. The normalized spacial score (nSPS) is 17.4. The quantitative estimate of drug-likeness (QED) is 0.812. The molecule has 0 spiro atoms. The highest BCUT2D eigenvalue weighted by Gasteiger charge is 2.15. The van der Waals surface area contributed by atoms with Crippen molar-refractivity contribution in [2.75, 3.05) is 32.7 Å². The van der Waals surface area contributed by atoms with Crippen LogP contribution in [0.25, 0.3) is 0 Å². The van der Waals surface area contributed by atoms with Gasteiger partial charge < -0.3 is 10.2 Å². The van der Waals surface area contributed by atoms with Crippen molar-refractivity contribution in [1.29, 1.82) is 0 Å². The molecule has 94 valence electrons. The molecule has 1 aliphatic heterocycles. The molecule has 0 radical (unpaired) electrons. The van der Waals surface area contributed by atoms with E-state index in [-0.39, 0.29) is 5.56 Å². The van der Waals surface area contributed by atoms with Gasteiger partial charge in [-0.05, 0) is 18.1 Å². The molecule has 1 aromatic rings. The third kappa shape index (κ3) is 2.98. The van der Waals surface area contributed by atoms with Gasteiger partial charge in [-0.2, -0.15) is 0 Å². The van der Waals surface area contributed by atoms with Crippen molar-refractivity contribution in [3.8, 4) is 0 Å². The van der Waals surface area contributed by atoms with Gasteiger partial charge in [0.05, 0.1) is 0 Å². The largest absolute Gasteiger partial charge is 0.314 e. The molecule has 0 saturated carbocycles. The number of nitrogens with one attached hydrogen (secondary N) is 1. The van der Waals surface area contributed by atoms with Crippen LogP contribution in [0.3, 0.4) is 0 Å². The average Bonchev–Trinajstić information content (AvgIpc) is 2.36. The summed E-state index contributed by atoms with van der Waals surface area (Å²) < 4.78 is 39.1. The fraction of sp³-hybridized carbons (Fsp3) is 0.500. The highest BCUT2D eigenvalue weighted by molar-refractivity contribution is 5.20. The van der Waals surface area contributed by atoms with Gasteiger partial charge in [0.15, 0.2) is 17.5 Å². The third-order valence-electron chi connectivity index (χ3n) is 3.02. The molecule has 2 rings (SSSR count). The number of hydrogen-bond acceptors (Lipinski definition) is 2. The molecule has 0 aliphatic carbocycles. The lowest BCUT2D eigenvalue weighted by Crippen LogP contribution is -2.44. The Morgan fingerprint density at radius 2 is 1.76 bits per heavy atom. The number of hydrogen-bond donors (Lipinski definition) is 1. The van der Waals surface area contributed by atoms with Gasteiger partial charge in [0, 0.05) is 32.7 Å². The van der Waals surface area contributed by atoms with Crippen molar-refractivity contribution in [3.05, 3.63) is 35.1 Å². The Hall–Kier alpha value is -1.07. The van der Waals surface area contributed by atoms with E-state index in [1.165, 1.54) is 6.07 Å². The first kappa shape index (κ1) is 12.4. The summed E-state index contributed by atoms with van der Waals surface area (Å²) in [6, 6.07) is 2.29. The molecule has 1 aliphatic rings. The Kier molecular flexibility index (Phi) is 4.02. The van der Waals surface area contributed by atoms with Crippen LogP contribution in [0.2, 0.25) is 0 Å². The van der Waals surface area contributed by atoms with Crippen molar-refractivity contribution < 1.29 is 13.2 Å². The highest BCUT2D eigenvalue weighted by atomic mass is 19.2. The molecule has 1 heterocycles. The first-order valence-electron chi connectivity index (χ1n) is 5.74. The predicted molar refractivity (Wildman–Crippen MR) is 59.3 cm³/mol. The van der Waals surface area contributed by atoms with Gasteiger partial charge in [-0.25, -0.2) is 13.2 Å². The van der Waals surface area contributed by atoms with Crippen molar-refractivity contribution in [3.63, 3.8) is 0 Å². The van der Waals surface area contributed by atoms with Crippen LogP contribution in [-0.4, -0.2) is 37.6 Å². The Bertz CT molecular complexity index is 390. The van der Waals surface area contributed by atoms with E-state index in [4.69, 9.17) is 0 Å². The number of piperazine rings is 1. The summed E-state index contributed by atoms with van der Waals surface area (Å²) >= 11 is 0. The maximum absolute atomic E-state index is 13.4. The third-order valence-corrected chi connectivity index (χ3v) is 3.02. The van der Waals surface area contributed by atoms with E-state index in [9.17, 15) is 13.2 Å². The van der Waals surface area contributed by atoms with Crippen molar-refractivity contribution in [2.24, 2.45) is 0 Å². The Labute approximate surface area is 98.4 Å². The standard InChI is InChI=1S/C12H15F3N2/c13-10-2-1-9(11(14)12(10)15)3-6-17-7-4-16-5-8-17/h1-2,16H,3-8H2. The SMILES string of the molecule is Fc1ccc(CCN2CCNCC2)c(F)c1F. The van der Waals surface area contributed by atoms with Crippen LogP contribution in [0.5, 0.6) is 0 Å². The number of rotatable bonds is 3. The maximum Gasteiger partial charge on any atom is 0.194 e. The molecule has 0 atom stereocenters. The predicted octanol–water partition coefficient (Wildman–Crippen LogP) is 1.55. The topological polar surface area (TPSA) is 15.3 Å².